The third-order valence-electron chi connectivity index (χ3n) is 5.03. The first-order valence-corrected chi connectivity index (χ1v) is 11.2. The van der Waals surface area contributed by atoms with Gasteiger partial charge in [0.15, 0.2) is 0 Å². The van der Waals surface area contributed by atoms with Gasteiger partial charge in [-0.05, 0) is 48.5 Å². The summed E-state index contributed by atoms with van der Waals surface area (Å²) in [5, 5.41) is 23.4. The average Bonchev–Trinajstić information content (AvgIpc) is 3.18. The van der Waals surface area contributed by atoms with E-state index in [0.29, 0.717) is 11.1 Å². The Morgan fingerprint density at radius 1 is 1.06 bits per heavy atom. The second-order valence-corrected chi connectivity index (χ2v) is 9.16. The molecule has 10 heteroatoms. The summed E-state index contributed by atoms with van der Waals surface area (Å²) in [5.41, 5.74) is -0.286. The maximum absolute atomic E-state index is 13.6. The number of nitro groups is 1. The summed E-state index contributed by atoms with van der Waals surface area (Å²) in [6.45, 7) is 0. The van der Waals surface area contributed by atoms with E-state index in [2.05, 4.69) is 0 Å². The Kier molecular flexibility index (Phi) is 5.64. The van der Waals surface area contributed by atoms with Crippen molar-refractivity contribution >= 4 is 38.2 Å². The van der Waals surface area contributed by atoms with E-state index < -0.39 is 21.1 Å². The molecule has 8 nitrogen and oxygen atoms in total. The van der Waals surface area contributed by atoms with E-state index in [-0.39, 0.29) is 32.4 Å². The van der Waals surface area contributed by atoms with Gasteiger partial charge in [0.25, 0.3) is 15.7 Å². The number of halogens is 1. The van der Waals surface area contributed by atoms with Gasteiger partial charge in [-0.15, -0.1) is 0 Å². The Labute approximate surface area is 188 Å². The number of benzene rings is 3. The Hall–Kier alpha value is -3.40. The zero-order valence-electron chi connectivity index (χ0n) is 16.7. The largest absolute Gasteiger partial charge is 0.497 e. The summed E-state index contributed by atoms with van der Waals surface area (Å²) in [6, 6.07) is 17.7. The van der Waals surface area contributed by atoms with Gasteiger partial charge >= 0.3 is 0 Å². The number of hydrogen-bond donors (Lipinski definition) is 1. The Bertz CT molecular complexity index is 1430. The van der Waals surface area contributed by atoms with Gasteiger partial charge in [-0.2, -0.15) is 0 Å². The lowest BCUT2D eigenvalue weighted by Gasteiger charge is -2.17. The predicted molar refractivity (Wildman–Crippen MR) is 120 cm³/mol. The van der Waals surface area contributed by atoms with Crippen molar-refractivity contribution in [2.24, 2.45) is 0 Å². The van der Waals surface area contributed by atoms with Crippen molar-refractivity contribution in [2.45, 2.75) is 11.0 Å². The molecule has 164 valence electrons. The number of rotatable bonds is 6. The Morgan fingerprint density at radius 2 is 1.78 bits per heavy atom. The van der Waals surface area contributed by atoms with Crippen LogP contribution < -0.4 is 4.74 Å². The minimum absolute atomic E-state index is 0.00219. The van der Waals surface area contributed by atoms with E-state index in [1.807, 2.05) is 0 Å². The minimum atomic E-state index is -4.16. The quantitative estimate of drug-likeness (QED) is 0.326. The number of ether oxygens (including phenoxy) is 1. The molecule has 3 aromatic carbocycles. The number of aliphatic hydroxyl groups excluding tert-OH is 1. The molecule has 0 aliphatic carbocycles. The molecular formula is C22H17ClN2O6S. The first-order chi connectivity index (χ1) is 15.2. The van der Waals surface area contributed by atoms with Crippen LogP contribution in [0.5, 0.6) is 5.75 Å². The van der Waals surface area contributed by atoms with E-state index in [1.165, 1.54) is 43.5 Å². The molecule has 0 amide bonds. The van der Waals surface area contributed by atoms with Crippen LogP contribution in [0, 0.1) is 10.1 Å². The molecule has 0 fully saturated rings. The first-order valence-electron chi connectivity index (χ1n) is 9.36. The highest BCUT2D eigenvalue weighted by Gasteiger charge is 2.30. The van der Waals surface area contributed by atoms with Gasteiger partial charge in [-0.1, -0.05) is 29.8 Å². The van der Waals surface area contributed by atoms with Crippen LogP contribution in [0.15, 0.2) is 77.7 Å². The second-order valence-electron chi connectivity index (χ2n) is 6.94. The number of nitrogens with zero attached hydrogens (tertiary/aromatic N) is 2. The number of hydrogen-bond acceptors (Lipinski definition) is 6. The van der Waals surface area contributed by atoms with Crippen molar-refractivity contribution in [3.8, 4) is 5.75 Å². The SMILES string of the molecule is COc1ccc2c(c1)cc(C(O)c1cc(Cl)ccc1[N+](=O)[O-])n2S(=O)(=O)c1ccccc1. The fraction of sp³-hybridized carbons (Fsp3) is 0.0909. The normalized spacial score (nSPS) is 12.6. The van der Waals surface area contributed by atoms with Crippen LogP contribution >= 0.6 is 11.6 Å². The predicted octanol–water partition coefficient (Wildman–Crippen LogP) is 4.53. The highest BCUT2D eigenvalue weighted by Crippen LogP contribution is 2.37. The monoisotopic (exact) mass is 472 g/mol. The number of aliphatic hydroxyl groups is 1. The molecule has 0 saturated carbocycles. The van der Waals surface area contributed by atoms with Crippen molar-refractivity contribution < 1.29 is 23.2 Å². The molecule has 0 saturated heterocycles. The van der Waals surface area contributed by atoms with Gasteiger partial charge in [0.2, 0.25) is 0 Å². The highest BCUT2D eigenvalue weighted by atomic mass is 35.5. The fourth-order valence-electron chi connectivity index (χ4n) is 3.54. The summed E-state index contributed by atoms with van der Waals surface area (Å²) in [4.78, 5) is 10.9. The van der Waals surface area contributed by atoms with Gasteiger partial charge in [0.05, 0.1) is 33.7 Å². The lowest BCUT2D eigenvalue weighted by Crippen LogP contribution is -2.18. The molecular weight excluding hydrogens is 456 g/mol. The van der Waals surface area contributed by atoms with Crippen molar-refractivity contribution in [3.05, 3.63) is 99.2 Å². The summed E-state index contributed by atoms with van der Waals surface area (Å²) in [7, 11) is -2.68. The molecule has 0 bridgehead atoms. The van der Waals surface area contributed by atoms with Crippen molar-refractivity contribution in [1.82, 2.24) is 3.97 Å². The number of nitro benzene ring substituents is 1. The maximum Gasteiger partial charge on any atom is 0.275 e. The molecule has 1 aromatic heterocycles. The van der Waals surface area contributed by atoms with E-state index in [9.17, 15) is 23.6 Å². The molecule has 4 aromatic rings. The third kappa shape index (κ3) is 3.70. The molecule has 1 N–H and O–H groups in total. The molecule has 32 heavy (non-hydrogen) atoms. The molecule has 0 aliphatic heterocycles. The van der Waals surface area contributed by atoms with Crippen LogP contribution in [0.25, 0.3) is 10.9 Å². The molecule has 0 spiro atoms. The topological polar surface area (TPSA) is 112 Å². The zero-order valence-corrected chi connectivity index (χ0v) is 18.2. The van der Waals surface area contributed by atoms with Crippen molar-refractivity contribution in [3.63, 3.8) is 0 Å². The van der Waals surface area contributed by atoms with Crippen LogP contribution in [0.4, 0.5) is 5.69 Å². The van der Waals surface area contributed by atoms with Crippen molar-refractivity contribution in [2.75, 3.05) is 7.11 Å². The third-order valence-corrected chi connectivity index (χ3v) is 7.03. The van der Waals surface area contributed by atoms with E-state index in [4.69, 9.17) is 16.3 Å². The molecule has 0 radical (unpaired) electrons. The fourth-order valence-corrected chi connectivity index (χ4v) is 5.29. The highest BCUT2D eigenvalue weighted by molar-refractivity contribution is 7.90. The molecule has 0 aliphatic rings. The van der Waals surface area contributed by atoms with E-state index in [1.54, 1.807) is 36.4 Å². The number of methoxy groups -OCH3 is 1. The molecule has 1 atom stereocenters. The van der Waals surface area contributed by atoms with Gasteiger partial charge in [0.1, 0.15) is 11.9 Å². The maximum atomic E-state index is 13.6. The van der Waals surface area contributed by atoms with Crippen LogP contribution in [0.3, 0.4) is 0 Å². The Balaban J connectivity index is 2.03. The van der Waals surface area contributed by atoms with E-state index >= 15 is 0 Å². The smallest absolute Gasteiger partial charge is 0.275 e. The number of aromatic nitrogens is 1. The zero-order chi connectivity index (χ0) is 23.0. The van der Waals surface area contributed by atoms with Crippen LogP contribution in [-0.2, 0) is 10.0 Å². The van der Waals surface area contributed by atoms with Crippen LogP contribution in [-0.4, -0.2) is 29.5 Å². The number of fused-ring (bicyclic) bond motifs is 1. The molecule has 1 heterocycles. The van der Waals surface area contributed by atoms with Crippen LogP contribution in [0.1, 0.15) is 17.4 Å². The minimum Gasteiger partial charge on any atom is -0.497 e. The lowest BCUT2D eigenvalue weighted by molar-refractivity contribution is -0.386. The standard InChI is InChI=1S/C22H17ClN2O6S/c1-31-16-8-10-19-14(11-16)12-21(24(19)32(29,30)17-5-3-2-4-6-17)22(26)18-13-15(23)7-9-20(18)25(27)28/h2-13,22,26H,1H3. The second kappa shape index (κ2) is 8.27. The average molecular weight is 473 g/mol. The summed E-state index contributed by atoms with van der Waals surface area (Å²) in [5.74, 6) is 0.488. The summed E-state index contributed by atoms with van der Waals surface area (Å²) >= 11 is 6.02. The van der Waals surface area contributed by atoms with E-state index in [0.717, 1.165) is 3.97 Å². The summed E-state index contributed by atoms with van der Waals surface area (Å²) in [6.07, 6.45) is -1.65. The molecule has 4 rings (SSSR count). The molecule has 1 unspecified atom stereocenters. The first kappa shape index (κ1) is 21.8. The lowest BCUT2D eigenvalue weighted by atomic mass is 10.0. The van der Waals surface area contributed by atoms with Gasteiger partial charge in [-0.25, -0.2) is 12.4 Å². The van der Waals surface area contributed by atoms with Crippen LogP contribution in [0.2, 0.25) is 5.02 Å². The van der Waals surface area contributed by atoms with Crippen molar-refractivity contribution in [1.29, 1.82) is 0 Å². The van der Waals surface area contributed by atoms with Gasteiger partial charge < -0.3 is 9.84 Å². The van der Waals surface area contributed by atoms with Gasteiger partial charge in [-0.3, -0.25) is 10.1 Å². The Morgan fingerprint density at radius 3 is 2.44 bits per heavy atom. The van der Waals surface area contributed by atoms with Gasteiger partial charge in [0, 0.05) is 16.5 Å². The summed E-state index contributed by atoms with van der Waals surface area (Å²) < 4.78 is 33.4.